The standard InChI is InChI=1S/C22H29N5O3/c1-16-5-7-18(21(28)30-3)13-19(16)25-22(29)24-15-17-6-8-20(23-14-17)27-10-4-9-26(2)11-12-27/h5-8,13-14H,4,9-12,15H2,1-3H3,(H2,24,25,29). The number of methoxy groups -OCH3 is 1. The first-order valence-electron chi connectivity index (χ1n) is 10.1. The molecule has 1 saturated heterocycles. The predicted molar refractivity (Wildman–Crippen MR) is 117 cm³/mol. The van der Waals surface area contributed by atoms with E-state index in [0.717, 1.165) is 49.5 Å². The van der Waals surface area contributed by atoms with E-state index in [1.807, 2.05) is 19.1 Å². The first-order chi connectivity index (χ1) is 14.5. The van der Waals surface area contributed by atoms with Gasteiger partial charge in [0.15, 0.2) is 0 Å². The summed E-state index contributed by atoms with van der Waals surface area (Å²) in [5.74, 6) is 0.523. The van der Waals surface area contributed by atoms with Crippen molar-refractivity contribution < 1.29 is 14.3 Å². The zero-order valence-electron chi connectivity index (χ0n) is 17.8. The maximum Gasteiger partial charge on any atom is 0.337 e. The zero-order valence-corrected chi connectivity index (χ0v) is 17.8. The number of pyridine rings is 1. The third kappa shape index (κ3) is 5.70. The average Bonchev–Trinajstić information content (AvgIpc) is 2.98. The summed E-state index contributed by atoms with van der Waals surface area (Å²) in [5, 5.41) is 5.61. The van der Waals surface area contributed by atoms with Crippen molar-refractivity contribution in [3.05, 3.63) is 53.2 Å². The van der Waals surface area contributed by atoms with Crippen LogP contribution in [0.1, 0.15) is 27.9 Å². The van der Waals surface area contributed by atoms with Crippen molar-refractivity contribution >= 4 is 23.5 Å². The average molecular weight is 412 g/mol. The number of nitrogens with zero attached hydrogens (tertiary/aromatic N) is 3. The highest BCUT2D eigenvalue weighted by atomic mass is 16.5. The maximum atomic E-state index is 12.3. The van der Waals surface area contributed by atoms with E-state index >= 15 is 0 Å². The first-order valence-corrected chi connectivity index (χ1v) is 10.1. The van der Waals surface area contributed by atoms with E-state index in [0.29, 0.717) is 17.8 Å². The van der Waals surface area contributed by atoms with E-state index < -0.39 is 5.97 Å². The summed E-state index contributed by atoms with van der Waals surface area (Å²) >= 11 is 0. The van der Waals surface area contributed by atoms with Crippen LogP contribution in [0, 0.1) is 6.92 Å². The van der Waals surface area contributed by atoms with Crippen LogP contribution in [0.4, 0.5) is 16.3 Å². The summed E-state index contributed by atoms with van der Waals surface area (Å²) in [7, 11) is 3.47. The van der Waals surface area contributed by atoms with Crippen molar-refractivity contribution in [1.82, 2.24) is 15.2 Å². The molecule has 160 valence electrons. The lowest BCUT2D eigenvalue weighted by Gasteiger charge is -2.21. The second-order valence-electron chi connectivity index (χ2n) is 7.50. The SMILES string of the molecule is COC(=O)c1ccc(C)c(NC(=O)NCc2ccc(N3CCCN(C)CC3)nc2)c1. The van der Waals surface area contributed by atoms with Gasteiger partial charge in [-0.15, -0.1) is 0 Å². The van der Waals surface area contributed by atoms with Gasteiger partial charge in [-0.05, 0) is 56.3 Å². The smallest absolute Gasteiger partial charge is 0.337 e. The molecule has 1 aromatic heterocycles. The van der Waals surface area contributed by atoms with E-state index in [4.69, 9.17) is 4.74 Å². The molecule has 2 aromatic rings. The Labute approximate surface area is 177 Å². The summed E-state index contributed by atoms with van der Waals surface area (Å²) in [6, 6.07) is 8.69. The summed E-state index contributed by atoms with van der Waals surface area (Å²) in [6.45, 7) is 6.32. The molecule has 1 aliphatic heterocycles. The molecule has 2 amide bonds. The van der Waals surface area contributed by atoms with E-state index in [9.17, 15) is 9.59 Å². The Balaban J connectivity index is 1.54. The number of hydrogen-bond acceptors (Lipinski definition) is 6. The number of ether oxygens (including phenoxy) is 1. The molecule has 0 saturated carbocycles. The van der Waals surface area contributed by atoms with Crippen LogP contribution in [-0.2, 0) is 11.3 Å². The lowest BCUT2D eigenvalue weighted by Crippen LogP contribution is -2.30. The van der Waals surface area contributed by atoms with E-state index in [1.54, 1.807) is 24.4 Å². The molecular weight excluding hydrogens is 382 g/mol. The Hall–Kier alpha value is -3.13. The van der Waals surface area contributed by atoms with Gasteiger partial charge >= 0.3 is 12.0 Å². The minimum atomic E-state index is -0.444. The van der Waals surface area contributed by atoms with E-state index in [1.165, 1.54) is 7.11 Å². The molecule has 1 fully saturated rings. The number of rotatable bonds is 5. The number of esters is 1. The number of anilines is 2. The molecular formula is C22H29N5O3. The minimum absolute atomic E-state index is 0.347. The van der Waals surface area contributed by atoms with Gasteiger partial charge < -0.3 is 25.2 Å². The highest BCUT2D eigenvalue weighted by Crippen LogP contribution is 2.18. The fourth-order valence-corrected chi connectivity index (χ4v) is 3.33. The summed E-state index contributed by atoms with van der Waals surface area (Å²) in [6.07, 6.45) is 2.92. The van der Waals surface area contributed by atoms with Gasteiger partial charge in [0.25, 0.3) is 0 Å². The van der Waals surface area contributed by atoms with Crippen LogP contribution in [-0.4, -0.2) is 62.2 Å². The maximum absolute atomic E-state index is 12.3. The molecule has 0 atom stereocenters. The number of hydrogen-bond donors (Lipinski definition) is 2. The van der Waals surface area contributed by atoms with Gasteiger partial charge in [-0.25, -0.2) is 14.6 Å². The van der Waals surface area contributed by atoms with Gasteiger partial charge in [0, 0.05) is 38.1 Å². The van der Waals surface area contributed by atoms with Crippen LogP contribution in [0.2, 0.25) is 0 Å². The number of nitrogens with one attached hydrogen (secondary N) is 2. The summed E-state index contributed by atoms with van der Waals surface area (Å²) in [5.41, 5.74) is 2.72. The lowest BCUT2D eigenvalue weighted by molar-refractivity contribution is 0.0600. The molecule has 30 heavy (non-hydrogen) atoms. The van der Waals surface area contributed by atoms with Crippen LogP contribution < -0.4 is 15.5 Å². The summed E-state index contributed by atoms with van der Waals surface area (Å²) in [4.78, 5) is 33.2. The van der Waals surface area contributed by atoms with Crippen molar-refractivity contribution in [2.24, 2.45) is 0 Å². The molecule has 0 radical (unpaired) electrons. The molecule has 3 rings (SSSR count). The molecule has 8 nitrogen and oxygen atoms in total. The topological polar surface area (TPSA) is 86.8 Å². The third-order valence-electron chi connectivity index (χ3n) is 5.21. The Morgan fingerprint density at radius 2 is 1.97 bits per heavy atom. The van der Waals surface area contributed by atoms with Gasteiger partial charge in [0.2, 0.25) is 0 Å². The Kier molecular flexibility index (Phi) is 7.24. The Morgan fingerprint density at radius 1 is 1.13 bits per heavy atom. The number of urea groups is 1. The van der Waals surface area contributed by atoms with Crippen molar-refractivity contribution in [2.75, 3.05) is 50.6 Å². The number of carbonyl (C=O) groups is 2. The van der Waals surface area contributed by atoms with Gasteiger partial charge in [0.1, 0.15) is 5.82 Å². The van der Waals surface area contributed by atoms with Gasteiger partial charge in [0.05, 0.1) is 12.7 Å². The molecule has 1 aromatic carbocycles. The quantitative estimate of drug-likeness (QED) is 0.736. The first kappa shape index (κ1) is 21.6. The molecule has 1 aliphatic rings. The number of aryl methyl sites for hydroxylation is 1. The monoisotopic (exact) mass is 411 g/mol. The normalized spacial score (nSPS) is 14.7. The molecule has 0 bridgehead atoms. The van der Waals surface area contributed by atoms with Crippen LogP contribution in [0.25, 0.3) is 0 Å². The van der Waals surface area contributed by atoms with Gasteiger partial charge in [-0.3, -0.25) is 0 Å². The van der Waals surface area contributed by atoms with Crippen molar-refractivity contribution in [3.8, 4) is 0 Å². The molecule has 0 aliphatic carbocycles. The molecule has 2 heterocycles. The number of likely N-dealkylation sites (N-methyl/N-ethyl adjacent to an activating group) is 1. The van der Waals surface area contributed by atoms with Crippen molar-refractivity contribution in [1.29, 1.82) is 0 Å². The largest absolute Gasteiger partial charge is 0.465 e. The lowest BCUT2D eigenvalue weighted by atomic mass is 10.1. The van der Waals surface area contributed by atoms with E-state index in [2.05, 4.69) is 32.5 Å². The summed E-state index contributed by atoms with van der Waals surface area (Å²) < 4.78 is 4.73. The Bertz CT molecular complexity index is 885. The molecule has 8 heteroatoms. The van der Waals surface area contributed by atoms with E-state index in [-0.39, 0.29) is 6.03 Å². The predicted octanol–water partition coefficient (Wildman–Crippen LogP) is 2.64. The second kappa shape index (κ2) is 10.1. The van der Waals surface area contributed by atoms with Gasteiger partial charge in [-0.1, -0.05) is 12.1 Å². The third-order valence-corrected chi connectivity index (χ3v) is 5.21. The minimum Gasteiger partial charge on any atom is -0.465 e. The highest BCUT2D eigenvalue weighted by molar-refractivity contribution is 5.94. The number of carbonyl (C=O) groups excluding carboxylic acids is 2. The highest BCUT2D eigenvalue weighted by Gasteiger charge is 2.14. The zero-order chi connectivity index (χ0) is 21.5. The fourth-order valence-electron chi connectivity index (χ4n) is 3.33. The molecule has 2 N–H and O–H groups in total. The number of benzene rings is 1. The van der Waals surface area contributed by atoms with Crippen LogP contribution in [0.3, 0.4) is 0 Å². The second-order valence-corrected chi connectivity index (χ2v) is 7.50. The molecule has 0 unspecified atom stereocenters. The van der Waals surface area contributed by atoms with Crippen LogP contribution >= 0.6 is 0 Å². The van der Waals surface area contributed by atoms with Crippen molar-refractivity contribution in [3.63, 3.8) is 0 Å². The number of aromatic nitrogens is 1. The fraction of sp³-hybridized carbons (Fsp3) is 0.409. The van der Waals surface area contributed by atoms with Crippen LogP contribution in [0.5, 0.6) is 0 Å². The number of amides is 2. The van der Waals surface area contributed by atoms with Crippen LogP contribution in [0.15, 0.2) is 36.5 Å². The van der Waals surface area contributed by atoms with Gasteiger partial charge in [-0.2, -0.15) is 0 Å². The van der Waals surface area contributed by atoms with Crippen molar-refractivity contribution in [2.45, 2.75) is 19.9 Å². The Morgan fingerprint density at radius 3 is 2.70 bits per heavy atom. The molecule has 0 spiro atoms.